The van der Waals surface area contributed by atoms with Crippen LogP contribution in [0, 0.1) is 5.82 Å². The lowest BCUT2D eigenvalue weighted by molar-refractivity contribution is 0.322. The van der Waals surface area contributed by atoms with Crippen LogP contribution in [0.15, 0.2) is 42.5 Å². The van der Waals surface area contributed by atoms with E-state index in [1.54, 1.807) is 12.1 Å². The van der Waals surface area contributed by atoms with E-state index in [1.165, 1.54) is 11.6 Å². The maximum Gasteiger partial charge on any atom is 0.211 e. The van der Waals surface area contributed by atoms with Crippen molar-refractivity contribution < 1.29 is 17.5 Å². The quantitative estimate of drug-likeness (QED) is 0.611. The Bertz CT molecular complexity index is 918. The van der Waals surface area contributed by atoms with Crippen LogP contribution in [0.1, 0.15) is 42.5 Å². The number of fused-ring (bicyclic) bond motifs is 1. The van der Waals surface area contributed by atoms with Crippen molar-refractivity contribution in [3.8, 4) is 5.75 Å². The van der Waals surface area contributed by atoms with Crippen LogP contribution in [0.2, 0.25) is 0 Å². The van der Waals surface area contributed by atoms with Crippen LogP contribution in [0.5, 0.6) is 5.75 Å². The van der Waals surface area contributed by atoms with Crippen LogP contribution in [0.25, 0.3) is 0 Å². The monoisotopic (exact) mass is 420 g/mol. The van der Waals surface area contributed by atoms with Crippen molar-refractivity contribution in [3.05, 3.63) is 65.0 Å². The molecule has 0 aliphatic carbocycles. The van der Waals surface area contributed by atoms with Gasteiger partial charge in [0.15, 0.2) is 0 Å². The Morgan fingerprint density at radius 1 is 1.24 bits per heavy atom. The van der Waals surface area contributed by atoms with E-state index in [1.807, 2.05) is 25.1 Å². The van der Waals surface area contributed by atoms with E-state index in [0.717, 1.165) is 30.5 Å². The summed E-state index contributed by atoms with van der Waals surface area (Å²) < 4.78 is 45.3. The maximum atomic E-state index is 13.6. The number of aryl methyl sites for hydroxylation is 1. The van der Waals surface area contributed by atoms with E-state index in [2.05, 4.69) is 16.1 Å². The van der Waals surface area contributed by atoms with Gasteiger partial charge in [-0.3, -0.25) is 0 Å². The summed E-state index contributed by atoms with van der Waals surface area (Å²) in [6, 6.07) is 12.8. The molecule has 5 nitrogen and oxygen atoms in total. The van der Waals surface area contributed by atoms with Gasteiger partial charge >= 0.3 is 0 Å². The summed E-state index contributed by atoms with van der Waals surface area (Å²) in [7, 11) is -3.22. The summed E-state index contributed by atoms with van der Waals surface area (Å²) in [6.07, 6.45) is 3.32. The van der Waals surface area contributed by atoms with Gasteiger partial charge in [0.25, 0.3) is 0 Å². The van der Waals surface area contributed by atoms with Gasteiger partial charge in [-0.2, -0.15) is 0 Å². The number of hydrogen-bond acceptors (Lipinski definition) is 4. The molecule has 0 bridgehead atoms. The molecule has 0 aromatic heterocycles. The lowest BCUT2D eigenvalue weighted by atomic mass is 9.94. The van der Waals surface area contributed by atoms with E-state index in [9.17, 15) is 12.8 Å². The predicted octanol–water partition coefficient (Wildman–Crippen LogP) is 3.35. The van der Waals surface area contributed by atoms with Crippen molar-refractivity contribution in [1.29, 1.82) is 0 Å². The van der Waals surface area contributed by atoms with Gasteiger partial charge in [0.1, 0.15) is 18.2 Å². The summed E-state index contributed by atoms with van der Waals surface area (Å²) in [5.74, 6) is 0.615. The number of benzene rings is 2. The van der Waals surface area contributed by atoms with E-state index >= 15 is 0 Å². The van der Waals surface area contributed by atoms with Crippen LogP contribution >= 0.6 is 0 Å². The second kappa shape index (κ2) is 10.2. The van der Waals surface area contributed by atoms with Crippen molar-refractivity contribution in [3.63, 3.8) is 0 Å². The minimum atomic E-state index is -3.22. The summed E-state index contributed by atoms with van der Waals surface area (Å²) >= 11 is 0. The minimum Gasteiger partial charge on any atom is -0.492 e. The van der Waals surface area contributed by atoms with Gasteiger partial charge < -0.3 is 10.1 Å². The fourth-order valence-corrected chi connectivity index (χ4v) is 4.74. The third-order valence-corrected chi connectivity index (χ3v) is 6.59. The molecule has 3 rings (SSSR count). The molecule has 2 aromatic rings. The number of rotatable bonds is 9. The minimum absolute atomic E-state index is 0.0842. The molecule has 0 fully saturated rings. The highest BCUT2D eigenvalue weighted by atomic mass is 32.2. The van der Waals surface area contributed by atoms with Crippen molar-refractivity contribution in [2.24, 2.45) is 0 Å². The van der Waals surface area contributed by atoms with Gasteiger partial charge in [0.2, 0.25) is 10.0 Å². The van der Waals surface area contributed by atoms with E-state index < -0.39 is 10.0 Å². The molecule has 0 spiro atoms. The first-order valence-corrected chi connectivity index (χ1v) is 11.8. The second-order valence-electron chi connectivity index (χ2n) is 7.37. The lowest BCUT2D eigenvalue weighted by Gasteiger charge is -2.20. The highest BCUT2D eigenvalue weighted by molar-refractivity contribution is 7.89. The predicted molar refractivity (Wildman–Crippen MR) is 113 cm³/mol. The third kappa shape index (κ3) is 6.52. The Morgan fingerprint density at radius 3 is 2.90 bits per heavy atom. The standard InChI is InChI=1S/C22H29FN2O3S/c1-2-13-29(26,27)25-11-12-28-20-9-8-18-6-4-10-24-22(21(18)16-20)15-17-5-3-7-19(23)14-17/h3,5,7-9,14,16,22,24-25H,2,4,6,10-13,15H2,1H3. The van der Waals surface area contributed by atoms with Crippen molar-refractivity contribution in [2.45, 2.75) is 38.6 Å². The molecule has 0 radical (unpaired) electrons. The van der Waals surface area contributed by atoms with Crippen LogP contribution < -0.4 is 14.8 Å². The summed E-state index contributed by atoms with van der Waals surface area (Å²) in [5.41, 5.74) is 3.38. The Balaban J connectivity index is 1.67. The number of nitrogens with one attached hydrogen (secondary N) is 2. The largest absolute Gasteiger partial charge is 0.492 e. The molecule has 29 heavy (non-hydrogen) atoms. The van der Waals surface area contributed by atoms with E-state index in [4.69, 9.17) is 4.74 Å². The molecule has 158 valence electrons. The summed E-state index contributed by atoms with van der Waals surface area (Å²) in [5, 5.41) is 3.56. The first-order valence-electron chi connectivity index (χ1n) is 10.2. The second-order valence-corrected chi connectivity index (χ2v) is 9.29. The Labute approximate surface area is 172 Å². The third-order valence-electron chi connectivity index (χ3n) is 5.00. The molecule has 2 aromatic carbocycles. The van der Waals surface area contributed by atoms with Gasteiger partial charge in [-0.1, -0.05) is 25.1 Å². The molecule has 1 aliphatic heterocycles. The summed E-state index contributed by atoms with van der Waals surface area (Å²) in [4.78, 5) is 0. The zero-order chi connectivity index (χ0) is 20.7. The van der Waals surface area contributed by atoms with E-state index in [-0.39, 0.29) is 30.8 Å². The Hall–Kier alpha value is -1.96. The van der Waals surface area contributed by atoms with Crippen LogP contribution in [-0.4, -0.2) is 33.9 Å². The fraction of sp³-hybridized carbons (Fsp3) is 0.455. The zero-order valence-corrected chi connectivity index (χ0v) is 17.6. The smallest absolute Gasteiger partial charge is 0.211 e. The Kier molecular flexibility index (Phi) is 7.64. The SMILES string of the molecule is CCCS(=O)(=O)NCCOc1ccc2c(c1)C(Cc1cccc(F)c1)NCCC2. The average Bonchev–Trinajstić information content (AvgIpc) is 2.87. The highest BCUT2D eigenvalue weighted by Crippen LogP contribution is 2.29. The molecule has 1 atom stereocenters. The normalized spacial score (nSPS) is 16.8. The first kappa shape index (κ1) is 21.7. The maximum absolute atomic E-state index is 13.6. The first-order chi connectivity index (χ1) is 14.0. The molecule has 1 heterocycles. The van der Waals surface area contributed by atoms with Gasteiger partial charge in [-0.15, -0.1) is 0 Å². The number of sulfonamides is 1. The van der Waals surface area contributed by atoms with Crippen molar-refractivity contribution >= 4 is 10.0 Å². The zero-order valence-electron chi connectivity index (χ0n) is 16.8. The van der Waals surface area contributed by atoms with Crippen molar-refractivity contribution in [2.75, 3.05) is 25.4 Å². The van der Waals surface area contributed by atoms with Crippen LogP contribution in [0.3, 0.4) is 0 Å². The van der Waals surface area contributed by atoms with Crippen molar-refractivity contribution in [1.82, 2.24) is 10.0 Å². The number of hydrogen-bond donors (Lipinski definition) is 2. The van der Waals surface area contributed by atoms with Gasteiger partial charge in [0.05, 0.1) is 5.75 Å². The van der Waals surface area contributed by atoms with Crippen LogP contribution in [-0.2, 0) is 22.9 Å². The number of halogens is 1. The molecule has 7 heteroatoms. The molecule has 1 aliphatic rings. The molecule has 0 saturated heterocycles. The fourth-order valence-electron chi connectivity index (χ4n) is 3.67. The van der Waals surface area contributed by atoms with Gasteiger partial charge in [-0.25, -0.2) is 17.5 Å². The topological polar surface area (TPSA) is 67.4 Å². The highest BCUT2D eigenvalue weighted by Gasteiger charge is 2.20. The average molecular weight is 421 g/mol. The molecule has 0 amide bonds. The Morgan fingerprint density at radius 2 is 2.10 bits per heavy atom. The molecule has 2 N–H and O–H groups in total. The number of ether oxygens (including phenoxy) is 1. The molecule has 1 unspecified atom stereocenters. The lowest BCUT2D eigenvalue weighted by Crippen LogP contribution is -2.30. The molecule has 0 saturated carbocycles. The van der Waals surface area contributed by atoms with Gasteiger partial charge in [-0.05, 0) is 73.2 Å². The summed E-state index contributed by atoms with van der Waals surface area (Å²) in [6.45, 7) is 3.25. The molecular formula is C22H29FN2O3S. The molecular weight excluding hydrogens is 391 g/mol. The van der Waals surface area contributed by atoms with E-state index in [0.29, 0.717) is 18.6 Å². The van der Waals surface area contributed by atoms with Gasteiger partial charge in [0, 0.05) is 12.6 Å². The van der Waals surface area contributed by atoms with Crippen LogP contribution in [0.4, 0.5) is 4.39 Å².